The van der Waals surface area contributed by atoms with Gasteiger partial charge in [0.15, 0.2) is 0 Å². The maximum absolute atomic E-state index is 5.20. The summed E-state index contributed by atoms with van der Waals surface area (Å²) in [6.45, 7) is 10.2. The Kier molecular flexibility index (Phi) is 6.36. The van der Waals surface area contributed by atoms with Crippen LogP contribution in [0.5, 0.6) is 5.75 Å². The maximum atomic E-state index is 5.20. The second-order valence-corrected chi connectivity index (χ2v) is 6.47. The summed E-state index contributed by atoms with van der Waals surface area (Å²) in [5.41, 5.74) is 1.73. The van der Waals surface area contributed by atoms with Gasteiger partial charge >= 0.3 is 0 Å². The van der Waals surface area contributed by atoms with Crippen LogP contribution in [0.15, 0.2) is 24.3 Å². The lowest BCUT2D eigenvalue weighted by molar-refractivity contribution is 0.306. The lowest BCUT2D eigenvalue weighted by atomic mass is 9.86. The normalized spacial score (nSPS) is 13.3. The Balaban J connectivity index is 2.63. The molecule has 0 radical (unpaired) electrons. The molecule has 0 aromatic heterocycles. The van der Waals surface area contributed by atoms with Crippen molar-refractivity contribution in [2.75, 3.05) is 13.7 Å². The average molecular weight is 263 g/mol. The van der Waals surface area contributed by atoms with Gasteiger partial charge in [0.05, 0.1) is 7.11 Å². The second-order valence-electron chi connectivity index (χ2n) is 6.47. The summed E-state index contributed by atoms with van der Waals surface area (Å²) in [5, 5.41) is 3.67. The Bertz CT molecular complexity index is 351. The highest BCUT2D eigenvalue weighted by molar-refractivity contribution is 5.27. The van der Waals surface area contributed by atoms with Crippen molar-refractivity contribution in [3.8, 4) is 5.75 Å². The molecule has 0 spiro atoms. The van der Waals surface area contributed by atoms with Crippen LogP contribution in [0.25, 0.3) is 0 Å². The third-order valence-electron chi connectivity index (χ3n) is 3.18. The van der Waals surface area contributed by atoms with Gasteiger partial charge in [0.25, 0.3) is 0 Å². The molecule has 0 heterocycles. The number of hydrogen-bond donors (Lipinski definition) is 1. The van der Waals surface area contributed by atoms with Gasteiger partial charge in [0.2, 0.25) is 0 Å². The first-order chi connectivity index (χ1) is 8.94. The van der Waals surface area contributed by atoms with E-state index >= 15 is 0 Å². The van der Waals surface area contributed by atoms with Gasteiger partial charge in [-0.3, -0.25) is 0 Å². The van der Waals surface area contributed by atoms with Crippen molar-refractivity contribution >= 4 is 0 Å². The van der Waals surface area contributed by atoms with E-state index in [0.29, 0.717) is 11.5 Å². The number of rotatable bonds is 7. The summed E-state index contributed by atoms with van der Waals surface area (Å²) in [7, 11) is 1.71. The monoisotopic (exact) mass is 263 g/mol. The van der Waals surface area contributed by atoms with Gasteiger partial charge in [0.1, 0.15) is 5.75 Å². The average Bonchev–Trinajstić information content (AvgIpc) is 2.35. The van der Waals surface area contributed by atoms with Gasteiger partial charge in [0, 0.05) is 6.04 Å². The van der Waals surface area contributed by atoms with Crippen molar-refractivity contribution in [2.24, 2.45) is 5.41 Å². The zero-order valence-electron chi connectivity index (χ0n) is 13.1. The van der Waals surface area contributed by atoms with Crippen molar-refractivity contribution in [3.05, 3.63) is 29.8 Å². The highest BCUT2D eigenvalue weighted by Crippen LogP contribution is 2.23. The van der Waals surface area contributed by atoms with Gasteiger partial charge < -0.3 is 10.1 Å². The smallest absolute Gasteiger partial charge is 0.118 e. The lowest BCUT2D eigenvalue weighted by Gasteiger charge is -2.27. The van der Waals surface area contributed by atoms with Crippen LogP contribution < -0.4 is 10.1 Å². The molecule has 1 N–H and O–H groups in total. The van der Waals surface area contributed by atoms with Crippen LogP contribution in [0.4, 0.5) is 0 Å². The lowest BCUT2D eigenvalue weighted by Crippen LogP contribution is -2.35. The molecule has 1 unspecified atom stereocenters. The van der Waals surface area contributed by atoms with Crippen molar-refractivity contribution in [2.45, 2.75) is 53.0 Å². The van der Waals surface area contributed by atoms with Crippen LogP contribution in [-0.4, -0.2) is 19.7 Å². The molecule has 0 saturated carbocycles. The predicted octanol–water partition coefficient (Wildman–Crippen LogP) is 4.04. The number of ether oxygens (including phenoxy) is 1. The Hall–Kier alpha value is -1.02. The molecule has 1 atom stereocenters. The van der Waals surface area contributed by atoms with Crippen LogP contribution in [0.2, 0.25) is 0 Å². The maximum Gasteiger partial charge on any atom is 0.118 e. The Morgan fingerprint density at radius 1 is 1.16 bits per heavy atom. The second kappa shape index (κ2) is 7.54. The molecule has 1 aromatic carbocycles. The summed E-state index contributed by atoms with van der Waals surface area (Å²) >= 11 is 0. The minimum absolute atomic E-state index is 0.359. The van der Waals surface area contributed by atoms with E-state index in [4.69, 9.17) is 4.74 Å². The quantitative estimate of drug-likeness (QED) is 0.801. The van der Waals surface area contributed by atoms with Gasteiger partial charge in [-0.05, 0) is 48.9 Å². The summed E-state index contributed by atoms with van der Waals surface area (Å²) in [6, 6.07) is 8.98. The third-order valence-corrected chi connectivity index (χ3v) is 3.18. The number of nitrogens with one attached hydrogen (secondary N) is 1. The van der Waals surface area contributed by atoms with Crippen LogP contribution in [0.3, 0.4) is 0 Å². The van der Waals surface area contributed by atoms with Crippen LogP contribution in [-0.2, 0) is 6.42 Å². The predicted molar refractivity (Wildman–Crippen MR) is 82.9 cm³/mol. The van der Waals surface area contributed by atoms with E-state index in [9.17, 15) is 0 Å². The molecule has 1 rings (SSSR count). The molecule has 0 amide bonds. The van der Waals surface area contributed by atoms with E-state index in [1.165, 1.54) is 18.4 Å². The summed E-state index contributed by atoms with van der Waals surface area (Å²) in [6.07, 6.45) is 3.46. The first-order valence-corrected chi connectivity index (χ1v) is 7.31. The van der Waals surface area contributed by atoms with Crippen molar-refractivity contribution in [1.29, 1.82) is 0 Å². The van der Waals surface area contributed by atoms with Crippen LogP contribution in [0.1, 0.15) is 46.1 Å². The molecule has 0 aliphatic rings. The Labute approximate surface area is 118 Å². The zero-order valence-corrected chi connectivity index (χ0v) is 13.1. The number of methoxy groups -OCH3 is 1. The van der Waals surface area contributed by atoms with E-state index in [-0.39, 0.29) is 0 Å². The molecule has 0 fully saturated rings. The molecular weight excluding hydrogens is 234 g/mol. The topological polar surface area (TPSA) is 21.3 Å². The van der Waals surface area contributed by atoms with Crippen molar-refractivity contribution in [3.63, 3.8) is 0 Å². The van der Waals surface area contributed by atoms with E-state index in [1.807, 2.05) is 12.1 Å². The van der Waals surface area contributed by atoms with E-state index < -0.39 is 0 Å². The summed E-state index contributed by atoms with van der Waals surface area (Å²) < 4.78 is 5.20. The number of benzene rings is 1. The van der Waals surface area contributed by atoms with Crippen LogP contribution in [0, 0.1) is 5.41 Å². The molecule has 1 aromatic rings. The first-order valence-electron chi connectivity index (χ1n) is 7.31. The molecule has 2 nitrogen and oxygen atoms in total. The van der Waals surface area contributed by atoms with Gasteiger partial charge in [-0.2, -0.15) is 0 Å². The van der Waals surface area contributed by atoms with Crippen molar-refractivity contribution in [1.82, 2.24) is 5.32 Å². The van der Waals surface area contributed by atoms with Crippen molar-refractivity contribution < 1.29 is 4.74 Å². The third kappa shape index (κ3) is 6.63. The fraction of sp³-hybridized carbons (Fsp3) is 0.647. The zero-order chi connectivity index (χ0) is 14.3. The molecule has 0 aliphatic carbocycles. The minimum Gasteiger partial charge on any atom is -0.497 e. The summed E-state index contributed by atoms with van der Waals surface area (Å²) in [4.78, 5) is 0. The highest BCUT2D eigenvalue weighted by atomic mass is 16.5. The molecule has 0 bridgehead atoms. The van der Waals surface area contributed by atoms with E-state index in [1.54, 1.807) is 7.11 Å². The molecule has 0 aliphatic heterocycles. The molecule has 2 heteroatoms. The largest absolute Gasteiger partial charge is 0.497 e. The SMILES string of the molecule is CCCNC(Cc1ccc(OC)cc1)CC(C)(C)C. The fourth-order valence-corrected chi connectivity index (χ4v) is 2.35. The standard InChI is InChI=1S/C17H29NO/c1-6-11-18-15(13-17(2,3)4)12-14-7-9-16(19-5)10-8-14/h7-10,15,18H,6,11-13H2,1-5H3. The van der Waals surface area contributed by atoms with E-state index in [2.05, 4.69) is 45.1 Å². The van der Waals surface area contributed by atoms with Gasteiger partial charge in [-0.15, -0.1) is 0 Å². The fourth-order valence-electron chi connectivity index (χ4n) is 2.35. The van der Waals surface area contributed by atoms with Gasteiger partial charge in [-0.1, -0.05) is 39.8 Å². The number of hydrogen-bond acceptors (Lipinski definition) is 2. The molecule has 19 heavy (non-hydrogen) atoms. The molecule has 0 saturated heterocycles. The Morgan fingerprint density at radius 3 is 2.26 bits per heavy atom. The highest BCUT2D eigenvalue weighted by Gasteiger charge is 2.18. The molecule has 108 valence electrons. The minimum atomic E-state index is 0.359. The van der Waals surface area contributed by atoms with Crippen LogP contribution >= 0.6 is 0 Å². The summed E-state index contributed by atoms with van der Waals surface area (Å²) in [5.74, 6) is 0.928. The first kappa shape index (κ1) is 16.0. The Morgan fingerprint density at radius 2 is 1.79 bits per heavy atom. The van der Waals surface area contributed by atoms with E-state index in [0.717, 1.165) is 18.7 Å². The van der Waals surface area contributed by atoms with Gasteiger partial charge in [-0.25, -0.2) is 0 Å². The molecular formula is C17H29NO.